The molecule has 0 fully saturated rings. The van der Waals surface area contributed by atoms with Gasteiger partial charge in [0.25, 0.3) is 11.8 Å². The fourth-order valence-corrected chi connectivity index (χ4v) is 2.75. The van der Waals surface area contributed by atoms with Gasteiger partial charge in [0.1, 0.15) is 11.8 Å². The molecule has 3 rings (SSSR count). The van der Waals surface area contributed by atoms with Crippen LogP contribution in [0.1, 0.15) is 27.6 Å². The highest BCUT2D eigenvalue weighted by Crippen LogP contribution is 2.26. The van der Waals surface area contributed by atoms with Crippen LogP contribution in [0.15, 0.2) is 48.5 Å². The Morgan fingerprint density at radius 3 is 2.00 bits per heavy atom. The molecule has 1 heterocycles. The summed E-state index contributed by atoms with van der Waals surface area (Å²) in [6.45, 7) is 1.53. The average molecular weight is 324 g/mol. The molecule has 0 spiro atoms. The molecule has 1 aliphatic rings. The van der Waals surface area contributed by atoms with Gasteiger partial charge in [-0.2, -0.15) is 0 Å². The molecular weight excluding hydrogens is 308 g/mol. The number of carbonyl (C=O) groups is 3. The second-order valence-electron chi connectivity index (χ2n) is 5.62. The first-order valence-electron chi connectivity index (χ1n) is 7.45. The predicted molar refractivity (Wildman–Crippen MR) is 87.9 cm³/mol. The number of hydrogen-bond acceptors (Lipinski definition) is 4. The minimum atomic E-state index is -0.934. The molecule has 6 nitrogen and oxygen atoms in total. The van der Waals surface area contributed by atoms with Crippen molar-refractivity contribution >= 4 is 23.4 Å². The molecule has 24 heavy (non-hydrogen) atoms. The number of anilines is 1. The third-order valence-electron chi connectivity index (χ3n) is 4.14. The van der Waals surface area contributed by atoms with E-state index in [0.29, 0.717) is 16.8 Å². The molecule has 0 bridgehead atoms. The molecule has 122 valence electrons. The van der Waals surface area contributed by atoms with Crippen molar-refractivity contribution in [1.82, 2.24) is 4.90 Å². The van der Waals surface area contributed by atoms with E-state index in [0.717, 1.165) is 4.90 Å². The number of phenols is 1. The van der Waals surface area contributed by atoms with Gasteiger partial charge in [0.2, 0.25) is 5.91 Å². The Hall–Kier alpha value is -3.15. The van der Waals surface area contributed by atoms with Gasteiger partial charge in [-0.15, -0.1) is 0 Å². The van der Waals surface area contributed by atoms with Crippen LogP contribution in [0.4, 0.5) is 5.69 Å². The van der Waals surface area contributed by atoms with Crippen LogP contribution in [-0.2, 0) is 4.79 Å². The average Bonchev–Trinajstić information content (AvgIpc) is 2.85. The van der Waals surface area contributed by atoms with Crippen molar-refractivity contribution in [3.05, 3.63) is 59.7 Å². The van der Waals surface area contributed by atoms with Gasteiger partial charge >= 0.3 is 0 Å². The van der Waals surface area contributed by atoms with E-state index >= 15 is 0 Å². The maximum Gasteiger partial charge on any atom is 0.262 e. The molecule has 0 aromatic heterocycles. The van der Waals surface area contributed by atoms with Crippen LogP contribution >= 0.6 is 0 Å². The Morgan fingerprint density at radius 2 is 1.50 bits per heavy atom. The molecule has 2 aromatic rings. The molecule has 2 aromatic carbocycles. The lowest BCUT2D eigenvalue weighted by Crippen LogP contribution is -2.48. The van der Waals surface area contributed by atoms with Crippen LogP contribution in [0.2, 0.25) is 0 Å². The van der Waals surface area contributed by atoms with E-state index in [2.05, 4.69) is 0 Å². The molecule has 1 aliphatic heterocycles. The second-order valence-corrected chi connectivity index (χ2v) is 5.62. The lowest BCUT2D eigenvalue weighted by molar-refractivity contribution is -0.121. The fourth-order valence-electron chi connectivity index (χ4n) is 2.75. The lowest BCUT2D eigenvalue weighted by Gasteiger charge is -2.26. The van der Waals surface area contributed by atoms with Gasteiger partial charge in [0.05, 0.1) is 11.1 Å². The molecule has 0 saturated heterocycles. The number of likely N-dealkylation sites (N-methyl/N-ethyl adjacent to an activating group) is 1. The minimum Gasteiger partial charge on any atom is -0.508 e. The molecular formula is C18H16N2O4. The third-order valence-corrected chi connectivity index (χ3v) is 4.14. The fraction of sp³-hybridized carbons (Fsp3) is 0.167. The van der Waals surface area contributed by atoms with E-state index < -0.39 is 23.8 Å². The first kappa shape index (κ1) is 15.7. The van der Waals surface area contributed by atoms with E-state index in [9.17, 15) is 19.5 Å². The molecule has 0 saturated carbocycles. The third kappa shape index (κ3) is 2.42. The van der Waals surface area contributed by atoms with Crippen LogP contribution in [0, 0.1) is 0 Å². The van der Waals surface area contributed by atoms with Crippen LogP contribution in [-0.4, -0.2) is 40.8 Å². The van der Waals surface area contributed by atoms with Crippen molar-refractivity contribution in [1.29, 1.82) is 0 Å². The Bertz CT molecular complexity index is 794. The summed E-state index contributed by atoms with van der Waals surface area (Å²) in [6, 6.07) is 11.7. The standard InChI is InChI=1S/C18H16N2O4/c1-11(16(22)19(2)12-7-9-13(21)10-8-12)20-17(23)14-5-3-4-6-15(14)18(20)24/h3-11,21H,1-2H3. The molecule has 1 unspecified atom stereocenters. The first-order valence-corrected chi connectivity index (χ1v) is 7.45. The molecule has 1 N–H and O–H groups in total. The van der Waals surface area contributed by atoms with E-state index in [1.807, 2.05) is 0 Å². The van der Waals surface area contributed by atoms with Crippen molar-refractivity contribution in [2.75, 3.05) is 11.9 Å². The molecule has 0 aliphatic carbocycles. The number of amides is 3. The van der Waals surface area contributed by atoms with E-state index in [1.165, 1.54) is 24.0 Å². The number of phenolic OH excluding ortho intramolecular Hbond substituents is 1. The predicted octanol–water partition coefficient (Wildman–Crippen LogP) is 2.04. The molecule has 6 heteroatoms. The summed E-state index contributed by atoms with van der Waals surface area (Å²) in [5.74, 6) is -1.23. The number of aromatic hydroxyl groups is 1. The number of benzene rings is 2. The van der Waals surface area contributed by atoms with E-state index in [1.54, 1.807) is 43.4 Å². The van der Waals surface area contributed by atoms with Gasteiger partial charge in [0, 0.05) is 12.7 Å². The van der Waals surface area contributed by atoms with Gasteiger partial charge in [0.15, 0.2) is 0 Å². The number of rotatable bonds is 3. The minimum absolute atomic E-state index is 0.0907. The second kappa shape index (κ2) is 5.81. The smallest absolute Gasteiger partial charge is 0.262 e. The number of carbonyl (C=O) groups excluding carboxylic acids is 3. The van der Waals surface area contributed by atoms with Crippen LogP contribution < -0.4 is 4.90 Å². The Balaban J connectivity index is 1.85. The summed E-state index contributed by atoms with van der Waals surface area (Å²) in [4.78, 5) is 39.9. The zero-order valence-corrected chi connectivity index (χ0v) is 13.3. The SMILES string of the molecule is CC(C(=O)N(C)c1ccc(O)cc1)N1C(=O)c2ccccc2C1=O. The van der Waals surface area contributed by atoms with Crippen molar-refractivity contribution in [3.8, 4) is 5.75 Å². The highest BCUT2D eigenvalue weighted by atomic mass is 16.3. The number of fused-ring (bicyclic) bond motifs is 1. The largest absolute Gasteiger partial charge is 0.508 e. The van der Waals surface area contributed by atoms with Gasteiger partial charge in [-0.25, -0.2) is 0 Å². The molecule has 3 amide bonds. The van der Waals surface area contributed by atoms with Gasteiger partial charge in [-0.1, -0.05) is 12.1 Å². The number of imide groups is 1. The summed E-state index contributed by atoms with van der Waals surface area (Å²) in [5.41, 5.74) is 1.19. The molecule has 0 radical (unpaired) electrons. The summed E-state index contributed by atoms with van der Waals surface area (Å²) in [7, 11) is 1.56. The summed E-state index contributed by atoms with van der Waals surface area (Å²) in [6.07, 6.45) is 0. The zero-order chi connectivity index (χ0) is 17.4. The Morgan fingerprint density at radius 1 is 1.00 bits per heavy atom. The van der Waals surface area contributed by atoms with Gasteiger partial charge in [-0.3, -0.25) is 19.3 Å². The maximum atomic E-state index is 12.7. The number of nitrogens with zero attached hydrogens (tertiary/aromatic N) is 2. The Labute approximate surface area is 138 Å². The van der Waals surface area contributed by atoms with Crippen molar-refractivity contribution < 1.29 is 19.5 Å². The lowest BCUT2D eigenvalue weighted by atomic mass is 10.1. The van der Waals surface area contributed by atoms with Crippen LogP contribution in [0.25, 0.3) is 0 Å². The topological polar surface area (TPSA) is 77.9 Å². The van der Waals surface area contributed by atoms with E-state index in [-0.39, 0.29) is 5.75 Å². The monoisotopic (exact) mass is 324 g/mol. The van der Waals surface area contributed by atoms with Crippen molar-refractivity contribution in [2.45, 2.75) is 13.0 Å². The summed E-state index contributed by atoms with van der Waals surface area (Å²) in [5, 5.41) is 9.33. The van der Waals surface area contributed by atoms with Crippen molar-refractivity contribution in [3.63, 3.8) is 0 Å². The first-order chi connectivity index (χ1) is 11.4. The van der Waals surface area contributed by atoms with Gasteiger partial charge < -0.3 is 10.0 Å². The summed E-state index contributed by atoms with van der Waals surface area (Å²) >= 11 is 0. The Kier molecular flexibility index (Phi) is 3.81. The normalized spacial score (nSPS) is 14.5. The maximum absolute atomic E-state index is 12.7. The van der Waals surface area contributed by atoms with Crippen LogP contribution in [0.5, 0.6) is 5.75 Å². The van der Waals surface area contributed by atoms with Crippen LogP contribution in [0.3, 0.4) is 0 Å². The van der Waals surface area contributed by atoms with E-state index in [4.69, 9.17) is 0 Å². The van der Waals surface area contributed by atoms with Gasteiger partial charge in [-0.05, 0) is 43.3 Å². The zero-order valence-electron chi connectivity index (χ0n) is 13.3. The number of hydrogen-bond donors (Lipinski definition) is 1. The molecule has 1 atom stereocenters. The quantitative estimate of drug-likeness (QED) is 0.877. The highest BCUT2D eigenvalue weighted by molar-refractivity contribution is 6.23. The summed E-state index contributed by atoms with van der Waals surface area (Å²) < 4.78 is 0. The highest BCUT2D eigenvalue weighted by Gasteiger charge is 2.41. The van der Waals surface area contributed by atoms with Crippen molar-refractivity contribution in [2.24, 2.45) is 0 Å².